The molecule has 0 radical (unpaired) electrons. The summed E-state index contributed by atoms with van der Waals surface area (Å²) in [5.74, 6) is 2.87. The van der Waals surface area contributed by atoms with Crippen molar-refractivity contribution >= 4 is 6.01 Å². The Labute approximate surface area is 121 Å². The standard InChI is InChI=1S/C15H28N4O/c1-10(2)8-16-9-14-18-19-15(20-14)17-13-6-5-11(3)12(4)7-13/h10-13,16H,5-9H2,1-4H3,(H,17,19). The van der Waals surface area contributed by atoms with Gasteiger partial charge in [-0.25, -0.2) is 0 Å². The van der Waals surface area contributed by atoms with E-state index < -0.39 is 0 Å². The Morgan fingerprint density at radius 2 is 2.00 bits per heavy atom. The zero-order valence-corrected chi connectivity index (χ0v) is 13.1. The van der Waals surface area contributed by atoms with Crippen molar-refractivity contribution in [2.45, 2.75) is 59.5 Å². The molecule has 1 aliphatic carbocycles. The van der Waals surface area contributed by atoms with Crippen LogP contribution in [0.5, 0.6) is 0 Å². The van der Waals surface area contributed by atoms with E-state index in [9.17, 15) is 0 Å². The molecule has 0 amide bonds. The monoisotopic (exact) mass is 280 g/mol. The van der Waals surface area contributed by atoms with Crippen molar-refractivity contribution in [3.63, 3.8) is 0 Å². The molecule has 0 saturated heterocycles. The molecule has 114 valence electrons. The van der Waals surface area contributed by atoms with Crippen molar-refractivity contribution in [2.24, 2.45) is 17.8 Å². The van der Waals surface area contributed by atoms with E-state index in [2.05, 4.69) is 48.5 Å². The number of nitrogens with zero attached hydrogens (tertiary/aromatic N) is 2. The van der Waals surface area contributed by atoms with E-state index in [1.807, 2.05) is 0 Å². The van der Waals surface area contributed by atoms with Crippen LogP contribution in [0.2, 0.25) is 0 Å². The topological polar surface area (TPSA) is 63.0 Å². The highest BCUT2D eigenvalue weighted by Crippen LogP contribution is 2.30. The summed E-state index contributed by atoms with van der Waals surface area (Å²) in [7, 11) is 0. The first-order chi connectivity index (χ1) is 9.54. The number of hydrogen-bond acceptors (Lipinski definition) is 5. The minimum atomic E-state index is 0.470. The normalized spacial score (nSPS) is 26.9. The van der Waals surface area contributed by atoms with Gasteiger partial charge in [-0.3, -0.25) is 0 Å². The molecule has 1 aromatic rings. The quantitative estimate of drug-likeness (QED) is 0.838. The lowest BCUT2D eigenvalue weighted by Crippen LogP contribution is -2.30. The first-order valence-electron chi connectivity index (χ1n) is 7.84. The highest BCUT2D eigenvalue weighted by Gasteiger charge is 2.25. The number of nitrogens with one attached hydrogen (secondary N) is 2. The molecule has 0 spiro atoms. The molecule has 1 aliphatic rings. The van der Waals surface area contributed by atoms with Crippen LogP contribution in [-0.4, -0.2) is 22.8 Å². The van der Waals surface area contributed by atoms with Crippen molar-refractivity contribution in [2.75, 3.05) is 11.9 Å². The second kappa shape index (κ2) is 7.07. The van der Waals surface area contributed by atoms with Gasteiger partial charge in [-0.2, -0.15) is 0 Å². The Hall–Kier alpha value is -1.10. The van der Waals surface area contributed by atoms with E-state index in [0.29, 0.717) is 30.4 Å². The summed E-state index contributed by atoms with van der Waals surface area (Å²) in [6.45, 7) is 10.6. The summed E-state index contributed by atoms with van der Waals surface area (Å²) in [4.78, 5) is 0. The molecule has 1 heterocycles. The molecule has 1 saturated carbocycles. The first kappa shape index (κ1) is 15.3. The van der Waals surface area contributed by atoms with Gasteiger partial charge in [-0.15, -0.1) is 5.10 Å². The molecule has 3 atom stereocenters. The van der Waals surface area contributed by atoms with Gasteiger partial charge in [-0.1, -0.05) is 32.8 Å². The third-order valence-electron chi connectivity index (χ3n) is 4.22. The molecule has 2 N–H and O–H groups in total. The fourth-order valence-corrected chi connectivity index (χ4v) is 2.70. The van der Waals surface area contributed by atoms with Crippen LogP contribution in [0, 0.1) is 17.8 Å². The third-order valence-corrected chi connectivity index (χ3v) is 4.22. The average Bonchev–Trinajstić information content (AvgIpc) is 2.81. The lowest BCUT2D eigenvalue weighted by molar-refractivity contribution is 0.258. The van der Waals surface area contributed by atoms with E-state index in [1.165, 1.54) is 19.3 Å². The zero-order chi connectivity index (χ0) is 14.5. The molecule has 3 unspecified atom stereocenters. The van der Waals surface area contributed by atoms with Crippen LogP contribution in [0.3, 0.4) is 0 Å². The van der Waals surface area contributed by atoms with E-state index in [-0.39, 0.29) is 0 Å². The number of anilines is 1. The van der Waals surface area contributed by atoms with Crippen molar-refractivity contribution < 1.29 is 4.42 Å². The summed E-state index contributed by atoms with van der Waals surface area (Å²) in [6.07, 6.45) is 3.65. The molecule has 0 aromatic carbocycles. The smallest absolute Gasteiger partial charge is 0.315 e. The van der Waals surface area contributed by atoms with Gasteiger partial charge in [-0.05, 0) is 43.6 Å². The largest absolute Gasteiger partial charge is 0.407 e. The highest BCUT2D eigenvalue weighted by molar-refractivity contribution is 5.19. The maximum atomic E-state index is 5.63. The van der Waals surface area contributed by atoms with E-state index in [1.54, 1.807) is 0 Å². The van der Waals surface area contributed by atoms with Crippen molar-refractivity contribution in [3.8, 4) is 0 Å². The van der Waals surface area contributed by atoms with Gasteiger partial charge in [0.15, 0.2) is 0 Å². The second-order valence-corrected chi connectivity index (χ2v) is 6.63. The van der Waals surface area contributed by atoms with Crippen molar-refractivity contribution in [3.05, 3.63) is 5.89 Å². The Morgan fingerprint density at radius 1 is 1.20 bits per heavy atom. The summed E-state index contributed by atoms with van der Waals surface area (Å²) in [6, 6.07) is 1.04. The van der Waals surface area contributed by atoms with Crippen LogP contribution in [0.1, 0.15) is 52.8 Å². The number of hydrogen-bond donors (Lipinski definition) is 2. The van der Waals surface area contributed by atoms with Gasteiger partial charge in [0, 0.05) is 6.04 Å². The Kier molecular flexibility index (Phi) is 5.40. The molecule has 1 fully saturated rings. The molecular formula is C15H28N4O. The minimum absolute atomic E-state index is 0.470. The van der Waals surface area contributed by atoms with Crippen molar-refractivity contribution in [1.82, 2.24) is 15.5 Å². The molecule has 2 rings (SSSR count). The summed E-state index contributed by atoms with van der Waals surface area (Å²) in [5.41, 5.74) is 0. The van der Waals surface area contributed by atoms with Crippen LogP contribution < -0.4 is 10.6 Å². The van der Waals surface area contributed by atoms with Gasteiger partial charge >= 0.3 is 6.01 Å². The molecular weight excluding hydrogens is 252 g/mol. The van der Waals surface area contributed by atoms with Crippen LogP contribution in [0.4, 0.5) is 6.01 Å². The van der Waals surface area contributed by atoms with Gasteiger partial charge < -0.3 is 15.1 Å². The Balaban J connectivity index is 1.78. The van der Waals surface area contributed by atoms with Gasteiger partial charge in [0.05, 0.1) is 6.54 Å². The maximum Gasteiger partial charge on any atom is 0.315 e. The fraction of sp³-hybridized carbons (Fsp3) is 0.867. The molecule has 1 aromatic heterocycles. The minimum Gasteiger partial charge on any atom is -0.407 e. The van der Waals surface area contributed by atoms with Crippen LogP contribution in [0.15, 0.2) is 4.42 Å². The van der Waals surface area contributed by atoms with Crippen LogP contribution in [0.25, 0.3) is 0 Å². The zero-order valence-electron chi connectivity index (χ0n) is 13.1. The molecule has 5 nitrogen and oxygen atoms in total. The van der Waals surface area contributed by atoms with E-state index in [0.717, 1.165) is 18.4 Å². The van der Waals surface area contributed by atoms with Crippen LogP contribution >= 0.6 is 0 Å². The summed E-state index contributed by atoms with van der Waals surface area (Å²) in [5, 5.41) is 14.8. The van der Waals surface area contributed by atoms with Crippen molar-refractivity contribution in [1.29, 1.82) is 0 Å². The summed E-state index contributed by atoms with van der Waals surface area (Å²) >= 11 is 0. The van der Waals surface area contributed by atoms with Gasteiger partial charge in [0.1, 0.15) is 0 Å². The van der Waals surface area contributed by atoms with Crippen LogP contribution in [-0.2, 0) is 6.54 Å². The highest BCUT2D eigenvalue weighted by atomic mass is 16.4. The summed E-state index contributed by atoms with van der Waals surface area (Å²) < 4.78 is 5.63. The number of aromatic nitrogens is 2. The third kappa shape index (κ3) is 4.47. The van der Waals surface area contributed by atoms with E-state index in [4.69, 9.17) is 4.42 Å². The van der Waals surface area contributed by atoms with E-state index >= 15 is 0 Å². The Morgan fingerprint density at radius 3 is 2.70 bits per heavy atom. The lowest BCUT2D eigenvalue weighted by Gasteiger charge is -2.31. The first-order valence-corrected chi connectivity index (χ1v) is 7.84. The maximum absolute atomic E-state index is 5.63. The second-order valence-electron chi connectivity index (χ2n) is 6.63. The molecule has 0 aliphatic heterocycles. The molecule has 0 bridgehead atoms. The lowest BCUT2D eigenvalue weighted by atomic mass is 9.79. The van der Waals surface area contributed by atoms with Gasteiger partial charge in [0.25, 0.3) is 0 Å². The molecule has 5 heteroatoms. The SMILES string of the molecule is CC(C)CNCc1nnc(NC2CCC(C)C(C)C2)o1. The number of rotatable bonds is 6. The predicted molar refractivity (Wildman–Crippen MR) is 80.4 cm³/mol. The predicted octanol–water partition coefficient (Wildman–Crippen LogP) is 3.05. The average molecular weight is 280 g/mol. The fourth-order valence-electron chi connectivity index (χ4n) is 2.70. The Bertz CT molecular complexity index is 404. The van der Waals surface area contributed by atoms with Gasteiger partial charge in [0.2, 0.25) is 5.89 Å². The molecule has 20 heavy (non-hydrogen) atoms.